The Morgan fingerprint density at radius 3 is 2.16 bits per heavy atom. The van der Waals surface area contributed by atoms with Crippen LogP contribution in [0.15, 0.2) is 73.1 Å². The van der Waals surface area contributed by atoms with Crippen LogP contribution in [-0.2, 0) is 12.5 Å². The number of aromatic nitrogens is 3. The largest absolute Gasteiger partial charge is 0.295 e. The number of hydrogen-bond donors (Lipinski definition) is 0. The van der Waals surface area contributed by atoms with Gasteiger partial charge in [-0.2, -0.15) is 4.57 Å². The molecule has 1 aliphatic rings. The Morgan fingerprint density at radius 1 is 0.789 bits per heavy atom. The summed E-state index contributed by atoms with van der Waals surface area (Å²) in [5, 5.41) is 0. The number of hydrogen-bond acceptors (Lipinski definition) is 1. The predicted molar refractivity (Wildman–Crippen MR) is 158 cm³/mol. The number of imidazole rings is 1. The number of rotatable bonds is 4. The van der Waals surface area contributed by atoms with Crippen molar-refractivity contribution in [3.8, 4) is 28.2 Å². The molecule has 192 valence electrons. The highest BCUT2D eigenvalue weighted by atomic mass is 15.2. The van der Waals surface area contributed by atoms with Gasteiger partial charge in [0.25, 0.3) is 5.82 Å². The van der Waals surface area contributed by atoms with Crippen molar-refractivity contribution in [2.45, 2.75) is 65.7 Å². The zero-order valence-electron chi connectivity index (χ0n) is 23.9. The highest BCUT2D eigenvalue weighted by molar-refractivity contribution is 5.86. The van der Waals surface area contributed by atoms with Gasteiger partial charge in [0, 0.05) is 34.5 Å². The van der Waals surface area contributed by atoms with Crippen molar-refractivity contribution in [1.82, 2.24) is 9.55 Å². The maximum absolute atomic E-state index is 4.51. The molecule has 1 aliphatic carbocycles. The minimum atomic E-state index is -0.0408. The van der Waals surface area contributed by atoms with Gasteiger partial charge in [0.2, 0.25) is 0 Å². The van der Waals surface area contributed by atoms with E-state index in [0.29, 0.717) is 11.8 Å². The molecule has 0 aliphatic heterocycles. The molecule has 5 aromatic rings. The lowest BCUT2D eigenvalue weighted by molar-refractivity contribution is -0.633. The van der Waals surface area contributed by atoms with Gasteiger partial charge >= 0.3 is 0 Å². The fraction of sp³-hybridized carbons (Fsp3) is 0.314. The van der Waals surface area contributed by atoms with Gasteiger partial charge in [-0.25, -0.2) is 4.57 Å². The van der Waals surface area contributed by atoms with E-state index in [1.165, 1.54) is 67.1 Å². The second-order valence-electron chi connectivity index (χ2n) is 12.1. The normalized spacial score (nSPS) is 13.9. The summed E-state index contributed by atoms with van der Waals surface area (Å²) < 4.78 is 4.93. The SMILES string of the molecule is Cc1cc2c(cc1-c1n(-c3c(C(C)C)cccc3C(C)C)c3ccccc3[n+]1C)-c1cnccc1C2(C)C. The molecular formula is C35H38N3+. The number of fused-ring (bicyclic) bond motifs is 4. The van der Waals surface area contributed by atoms with Crippen molar-refractivity contribution < 1.29 is 4.57 Å². The zero-order valence-corrected chi connectivity index (χ0v) is 23.9. The van der Waals surface area contributed by atoms with Crippen LogP contribution in [-0.4, -0.2) is 9.55 Å². The van der Waals surface area contributed by atoms with Gasteiger partial charge in [-0.05, 0) is 65.3 Å². The molecule has 0 saturated heterocycles. The summed E-state index contributed by atoms with van der Waals surface area (Å²) in [7, 11) is 2.22. The van der Waals surface area contributed by atoms with E-state index in [-0.39, 0.29) is 5.41 Å². The summed E-state index contributed by atoms with van der Waals surface area (Å²) in [5.41, 5.74) is 14.4. The highest BCUT2D eigenvalue weighted by Crippen LogP contribution is 2.50. The summed E-state index contributed by atoms with van der Waals surface area (Å²) in [4.78, 5) is 4.51. The second-order valence-corrected chi connectivity index (χ2v) is 12.1. The molecule has 3 aromatic carbocycles. The molecule has 2 aromatic heterocycles. The van der Waals surface area contributed by atoms with E-state index in [4.69, 9.17) is 0 Å². The second kappa shape index (κ2) is 8.66. The van der Waals surface area contributed by atoms with Crippen LogP contribution in [0.25, 0.3) is 39.2 Å². The Kier molecular flexibility index (Phi) is 5.61. The summed E-state index contributed by atoms with van der Waals surface area (Å²) in [6.07, 6.45) is 3.97. The van der Waals surface area contributed by atoms with Crippen LogP contribution in [0, 0.1) is 6.92 Å². The molecule has 0 saturated carbocycles. The van der Waals surface area contributed by atoms with Crippen molar-refractivity contribution in [2.75, 3.05) is 0 Å². The molecule has 0 unspecified atom stereocenters. The zero-order chi connectivity index (χ0) is 26.9. The average molecular weight is 501 g/mol. The van der Waals surface area contributed by atoms with Gasteiger partial charge in [-0.15, -0.1) is 0 Å². The van der Waals surface area contributed by atoms with Crippen LogP contribution in [0.2, 0.25) is 0 Å². The Hall–Kier alpha value is -3.72. The Morgan fingerprint density at radius 2 is 1.47 bits per heavy atom. The van der Waals surface area contributed by atoms with Crippen molar-refractivity contribution in [3.63, 3.8) is 0 Å². The molecule has 0 N–H and O–H groups in total. The van der Waals surface area contributed by atoms with Crippen LogP contribution >= 0.6 is 0 Å². The average Bonchev–Trinajstić information content (AvgIpc) is 3.31. The standard InChI is InChI=1S/C35H38N3/c1-21(2)24-12-11-13-25(22(3)4)33(24)38-32-15-10-9-14-31(32)37(8)34(38)26-19-27-28-20-36-17-16-29(28)35(6,7)30(27)18-23(26)5/h9-22H,1-8H3/q+1. The van der Waals surface area contributed by atoms with Crippen LogP contribution < -0.4 is 4.57 Å². The van der Waals surface area contributed by atoms with Gasteiger partial charge in [0.1, 0.15) is 5.69 Å². The maximum Gasteiger partial charge on any atom is 0.295 e. The molecular weight excluding hydrogens is 462 g/mol. The quantitative estimate of drug-likeness (QED) is 0.227. The molecule has 3 heteroatoms. The van der Waals surface area contributed by atoms with Crippen LogP contribution in [0.4, 0.5) is 0 Å². The first-order chi connectivity index (χ1) is 18.1. The molecule has 6 rings (SSSR count). The fourth-order valence-electron chi connectivity index (χ4n) is 6.60. The third kappa shape index (κ3) is 3.41. The monoisotopic (exact) mass is 500 g/mol. The number of pyridine rings is 1. The van der Waals surface area contributed by atoms with E-state index in [1.807, 2.05) is 12.4 Å². The van der Waals surface area contributed by atoms with Gasteiger partial charge in [0.05, 0.1) is 12.6 Å². The van der Waals surface area contributed by atoms with Crippen molar-refractivity contribution in [2.24, 2.45) is 7.05 Å². The summed E-state index contributed by atoms with van der Waals surface area (Å²) in [6.45, 7) is 16.2. The number of nitrogens with zero attached hydrogens (tertiary/aromatic N) is 3. The van der Waals surface area contributed by atoms with E-state index < -0.39 is 0 Å². The third-order valence-electron chi connectivity index (χ3n) is 8.64. The number of aryl methyl sites for hydroxylation is 2. The first-order valence-electron chi connectivity index (χ1n) is 13.9. The summed E-state index contributed by atoms with van der Waals surface area (Å²) in [6, 6.07) is 22.7. The van der Waals surface area contributed by atoms with Gasteiger partial charge in [-0.3, -0.25) is 4.98 Å². The lowest BCUT2D eigenvalue weighted by atomic mass is 9.82. The fourth-order valence-corrected chi connectivity index (χ4v) is 6.60. The Bertz CT molecular complexity index is 1690. The van der Waals surface area contributed by atoms with E-state index in [9.17, 15) is 0 Å². The molecule has 0 amide bonds. The van der Waals surface area contributed by atoms with Crippen LogP contribution in [0.1, 0.15) is 81.2 Å². The maximum atomic E-state index is 4.51. The summed E-state index contributed by atoms with van der Waals surface area (Å²) >= 11 is 0. The summed E-state index contributed by atoms with van der Waals surface area (Å²) in [5.74, 6) is 2.03. The van der Waals surface area contributed by atoms with Crippen LogP contribution in [0.5, 0.6) is 0 Å². The van der Waals surface area contributed by atoms with E-state index in [0.717, 1.165) is 0 Å². The first kappa shape index (κ1) is 24.6. The molecule has 0 radical (unpaired) electrons. The van der Waals surface area contributed by atoms with E-state index in [2.05, 4.69) is 130 Å². The Labute approximate surface area is 226 Å². The third-order valence-corrected chi connectivity index (χ3v) is 8.64. The minimum Gasteiger partial charge on any atom is -0.264 e. The van der Waals surface area contributed by atoms with Crippen molar-refractivity contribution >= 4 is 11.0 Å². The lowest BCUT2D eigenvalue weighted by Crippen LogP contribution is -2.30. The topological polar surface area (TPSA) is 21.7 Å². The predicted octanol–water partition coefficient (Wildman–Crippen LogP) is 8.38. The molecule has 38 heavy (non-hydrogen) atoms. The smallest absolute Gasteiger partial charge is 0.264 e. The lowest BCUT2D eigenvalue weighted by Gasteiger charge is -2.22. The van der Waals surface area contributed by atoms with Crippen LogP contribution in [0.3, 0.4) is 0 Å². The van der Waals surface area contributed by atoms with Gasteiger partial charge in [-0.1, -0.05) is 77.9 Å². The highest BCUT2D eigenvalue weighted by Gasteiger charge is 2.38. The Balaban J connectivity index is 1.75. The minimum absolute atomic E-state index is 0.0408. The number of benzene rings is 3. The first-order valence-corrected chi connectivity index (χ1v) is 13.9. The molecule has 0 bridgehead atoms. The molecule has 3 nitrogen and oxygen atoms in total. The van der Waals surface area contributed by atoms with Crippen molar-refractivity contribution in [1.29, 1.82) is 0 Å². The molecule has 0 spiro atoms. The van der Waals surface area contributed by atoms with Gasteiger partial charge < -0.3 is 0 Å². The molecule has 0 fully saturated rings. The molecule has 2 heterocycles. The molecule has 0 atom stereocenters. The number of para-hydroxylation sites is 3. The van der Waals surface area contributed by atoms with E-state index in [1.54, 1.807) is 0 Å². The van der Waals surface area contributed by atoms with Gasteiger partial charge in [0.15, 0.2) is 11.0 Å². The van der Waals surface area contributed by atoms with E-state index >= 15 is 0 Å². The van der Waals surface area contributed by atoms with Crippen molar-refractivity contribution in [3.05, 3.63) is 101 Å².